The fourth-order valence-corrected chi connectivity index (χ4v) is 2.57. The number of halogens is 2. The second-order valence-corrected chi connectivity index (χ2v) is 5.67. The van der Waals surface area contributed by atoms with E-state index < -0.39 is 6.10 Å². The van der Waals surface area contributed by atoms with Gasteiger partial charge in [-0.25, -0.2) is 4.39 Å². The molecule has 0 bridgehead atoms. The van der Waals surface area contributed by atoms with Crippen LogP contribution in [-0.2, 0) is 0 Å². The van der Waals surface area contributed by atoms with Crippen molar-refractivity contribution in [3.05, 3.63) is 68.0 Å². The summed E-state index contributed by atoms with van der Waals surface area (Å²) in [5.41, 5.74) is 2.69. The standard InChI is InChI=1S/C15H14FIO/c1-9-6-12(7-10(2)14(9)16)15(18)11-4-3-5-13(17)8-11/h3-8,15,18H,1-2H3. The molecule has 3 heteroatoms. The molecule has 0 saturated carbocycles. The Kier molecular flexibility index (Phi) is 4.02. The van der Waals surface area contributed by atoms with Crippen molar-refractivity contribution < 1.29 is 9.50 Å². The quantitative estimate of drug-likeness (QED) is 0.803. The highest BCUT2D eigenvalue weighted by Gasteiger charge is 2.13. The van der Waals surface area contributed by atoms with E-state index in [1.54, 1.807) is 26.0 Å². The van der Waals surface area contributed by atoms with Crippen molar-refractivity contribution in [3.63, 3.8) is 0 Å². The molecule has 2 rings (SSSR count). The van der Waals surface area contributed by atoms with E-state index in [9.17, 15) is 9.50 Å². The Bertz CT molecular complexity index is 557. The van der Waals surface area contributed by atoms with Crippen LogP contribution in [0, 0.1) is 23.2 Å². The summed E-state index contributed by atoms with van der Waals surface area (Å²) in [4.78, 5) is 0. The Morgan fingerprint density at radius 3 is 2.22 bits per heavy atom. The van der Waals surface area contributed by atoms with E-state index in [2.05, 4.69) is 22.6 Å². The zero-order valence-corrected chi connectivity index (χ0v) is 12.4. The molecule has 0 aliphatic carbocycles. The second kappa shape index (κ2) is 5.36. The summed E-state index contributed by atoms with van der Waals surface area (Å²) in [5, 5.41) is 10.3. The predicted octanol–water partition coefficient (Wildman–Crippen LogP) is 4.13. The summed E-state index contributed by atoms with van der Waals surface area (Å²) in [5.74, 6) is -0.200. The third kappa shape index (κ3) is 2.72. The van der Waals surface area contributed by atoms with E-state index in [-0.39, 0.29) is 5.82 Å². The van der Waals surface area contributed by atoms with Crippen LogP contribution in [0.1, 0.15) is 28.4 Å². The maximum absolute atomic E-state index is 13.6. The van der Waals surface area contributed by atoms with Gasteiger partial charge in [0.15, 0.2) is 0 Å². The lowest BCUT2D eigenvalue weighted by Gasteiger charge is -2.14. The Labute approximate surface area is 120 Å². The molecule has 1 nitrogen and oxygen atoms in total. The van der Waals surface area contributed by atoms with Crippen molar-refractivity contribution in [1.82, 2.24) is 0 Å². The number of aryl methyl sites for hydroxylation is 2. The zero-order chi connectivity index (χ0) is 13.3. The molecular formula is C15H14FIO. The fourth-order valence-electron chi connectivity index (χ4n) is 2.01. The number of hydrogen-bond acceptors (Lipinski definition) is 1. The highest BCUT2D eigenvalue weighted by Crippen LogP contribution is 2.26. The van der Waals surface area contributed by atoms with Gasteiger partial charge in [0.1, 0.15) is 11.9 Å². The van der Waals surface area contributed by atoms with Crippen LogP contribution in [0.25, 0.3) is 0 Å². The van der Waals surface area contributed by atoms with E-state index in [1.165, 1.54) is 0 Å². The minimum Gasteiger partial charge on any atom is -0.384 e. The smallest absolute Gasteiger partial charge is 0.129 e. The van der Waals surface area contributed by atoms with Crippen LogP contribution in [0.2, 0.25) is 0 Å². The van der Waals surface area contributed by atoms with Gasteiger partial charge in [0, 0.05) is 3.57 Å². The summed E-state index contributed by atoms with van der Waals surface area (Å²) in [6.07, 6.45) is -0.710. The third-order valence-corrected chi connectivity index (χ3v) is 3.61. The van der Waals surface area contributed by atoms with E-state index in [0.717, 1.165) is 14.7 Å². The summed E-state index contributed by atoms with van der Waals surface area (Å²) in [6, 6.07) is 11.1. The SMILES string of the molecule is Cc1cc(C(O)c2cccc(I)c2)cc(C)c1F. The fraction of sp³-hybridized carbons (Fsp3) is 0.200. The predicted molar refractivity (Wildman–Crippen MR) is 79.1 cm³/mol. The topological polar surface area (TPSA) is 20.2 Å². The first kappa shape index (κ1) is 13.5. The van der Waals surface area contributed by atoms with Crippen LogP contribution in [0.4, 0.5) is 4.39 Å². The average molecular weight is 356 g/mol. The lowest BCUT2D eigenvalue weighted by molar-refractivity contribution is 0.220. The van der Waals surface area contributed by atoms with Gasteiger partial charge in [0.2, 0.25) is 0 Å². The minimum atomic E-state index is -0.710. The second-order valence-electron chi connectivity index (χ2n) is 4.43. The van der Waals surface area contributed by atoms with E-state index in [0.29, 0.717) is 11.1 Å². The van der Waals surface area contributed by atoms with Crippen LogP contribution in [0.15, 0.2) is 36.4 Å². The minimum absolute atomic E-state index is 0.200. The maximum atomic E-state index is 13.6. The number of aliphatic hydroxyl groups excluding tert-OH is 1. The van der Waals surface area contributed by atoms with Gasteiger partial charge >= 0.3 is 0 Å². The molecule has 94 valence electrons. The van der Waals surface area contributed by atoms with Crippen molar-refractivity contribution in [3.8, 4) is 0 Å². The van der Waals surface area contributed by atoms with E-state index in [4.69, 9.17) is 0 Å². The lowest BCUT2D eigenvalue weighted by atomic mass is 9.97. The lowest BCUT2D eigenvalue weighted by Crippen LogP contribution is -2.02. The Morgan fingerprint density at radius 2 is 1.67 bits per heavy atom. The molecule has 0 fully saturated rings. The Morgan fingerprint density at radius 1 is 1.06 bits per heavy atom. The molecular weight excluding hydrogens is 342 g/mol. The number of rotatable bonds is 2. The number of benzene rings is 2. The van der Waals surface area contributed by atoms with E-state index >= 15 is 0 Å². The molecule has 0 heterocycles. The molecule has 0 aliphatic heterocycles. The van der Waals surface area contributed by atoms with Gasteiger partial charge < -0.3 is 5.11 Å². The first-order valence-electron chi connectivity index (χ1n) is 5.69. The van der Waals surface area contributed by atoms with Gasteiger partial charge in [0.25, 0.3) is 0 Å². The average Bonchev–Trinajstić information content (AvgIpc) is 2.34. The highest BCUT2D eigenvalue weighted by atomic mass is 127. The molecule has 18 heavy (non-hydrogen) atoms. The molecule has 1 unspecified atom stereocenters. The van der Waals surface area contributed by atoms with E-state index in [1.807, 2.05) is 24.3 Å². The van der Waals surface area contributed by atoms with Crippen LogP contribution >= 0.6 is 22.6 Å². The number of aliphatic hydroxyl groups is 1. The molecule has 1 N–H and O–H groups in total. The van der Waals surface area contributed by atoms with Crippen LogP contribution in [0.5, 0.6) is 0 Å². The highest BCUT2D eigenvalue weighted by molar-refractivity contribution is 14.1. The monoisotopic (exact) mass is 356 g/mol. The normalized spacial score (nSPS) is 12.5. The molecule has 2 aromatic rings. The van der Waals surface area contributed by atoms with Crippen molar-refractivity contribution in [2.75, 3.05) is 0 Å². The van der Waals surface area contributed by atoms with Gasteiger partial charge in [-0.3, -0.25) is 0 Å². The van der Waals surface area contributed by atoms with Gasteiger partial charge in [0.05, 0.1) is 0 Å². The molecule has 0 radical (unpaired) electrons. The van der Waals surface area contributed by atoms with Crippen LogP contribution in [-0.4, -0.2) is 5.11 Å². The third-order valence-electron chi connectivity index (χ3n) is 2.94. The Hall–Kier alpha value is -0.940. The number of hydrogen-bond donors (Lipinski definition) is 1. The molecule has 1 atom stereocenters. The summed E-state index contributed by atoms with van der Waals surface area (Å²) < 4.78 is 14.6. The summed E-state index contributed by atoms with van der Waals surface area (Å²) >= 11 is 2.21. The van der Waals surface area contributed by atoms with Crippen molar-refractivity contribution in [1.29, 1.82) is 0 Å². The van der Waals surface area contributed by atoms with Gasteiger partial charge in [-0.05, 0) is 70.8 Å². The van der Waals surface area contributed by atoms with Crippen molar-refractivity contribution in [2.24, 2.45) is 0 Å². The zero-order valence-electron chi connectivity index (χ0n) is 10.2. The van der Waals surface area contributed by atoms with Crippen LogP contribution < -0.4 is 0 Å². The van der Waals surface area contributed by atoms with Gasteiger partial charge in [-0.2, -0.15) is 0 Å². The van der Waals surface area contributed by atoms with Gasteiger partial charge in [-0.15, -0.1) is 0 Å². The van der Waals surface area contributed by atoms with Crippen molar-refractivity contribution in [2.45, 2.75) is 20.0 Å². The van der Waals surface area contributed by atoms with Crippen molar-refractivity contribution >= 4 is 22.6 Å². The summed E-state index contributed by atoms with van der Waals surface area (Å²) in [6.45, 7) is 3.43. The largest absolute Gasteiger partial charge is 0.384 e. The molecule has 0 spiro atoms. The first-order chi connectivity index (χ1) is 8.49. The van der Waals surface area contributed by atoms with Crippen LogP contribution in [0.3, 0.4) is 0 Å². The molecule has 2 aromatic carbocycles. The Balaban J connectivity index is 2.43. The molecule has 0 aromatic heterocycles. The van der Waals surface area contributed by atoms with Gasteiger partial charge in [-0.1, -0.05) is 24.3 Å². The molecule has 0 aliphatic rings. The molecule has 0 amide bonds. The molecule has 0 saturated heterocycles. The summed E-state index contributed by atoms with van der Waals surface area (Å²) in [7, 11) is 0. The maximum Gasteiger partial charge on any atom is 0.129 e. The first-order valence-corrected chi connectivity index (χ1v) is 6.77.